The zero-order valence-corrected chi connectivity index (χ0v) is 16.8. The predicted molar refractivity (Wildman–Crippen MR) is 99.7 cm³/mol. The van der Waals surface area contributed by atoms with Crippen molar-refractivity contribution in [1.29, 1.82) is 0 Å². The molecule has 0 aromatic carbocycles. The minimum atomic E-state index is -1.16. The third-order valence-electron chi connectivity index (χ3n) is 3.69. The lowest BCUT2D eigenvalue weighted by Crippen LogP contribution is -2.56. The van der Waals surface area contributed by atoms with E-state index in [1.165, 1.54) is 0 Å². The SMILES string of the molecule is CC(C)C[C@H](NC(=O)[C@@H](CO)NC(=O)C(C)(C)C)C(=O)NCCCC(=O)O. The Morgan fingerprint density at radius 2 is 1.56 bits per heavy atom. The normalized spacial score (nSPS) is 13.6. The van der Waals surface area contributed by atoms with Crippen LogP contribution in [0.25, 0.3) is 0 Å². The van der Waals surface area contributed by atoms with Crippen LogP contribution in [0.3, 0.4) is 0 Å². The van der Waals surface area contributed by atoms with Crippen molar-refractivity contribution in [2.24, 2.45) is 11.3 Å². The highest BCUT2D eigenvalue weighted by Gasteiger charge is 2.30. The second-order valence-corrected chi connectivity index (χ2v) is 7.94. The second-order valence-electron chi connectivity index (χ2n) is 7.94. The molecule has 0 aliphatic rings. The first-order chi connectivity index (χ1) is 12.4. The standard InChI is InChI=1S/C18H33N3O6/c1-11(2)9-12(15(25)19-8-6-7-14(23)24)20-16(26)13(10-22)21-17(27)18(3,4)5/h11-13,22H,6-10H2,1-5H3,(H,19,25)(H,20,26)(H,21,27)(H,23,24)/t12-,13+/m0/s1. The molecule has 27 heavy (non-hydrogen) atoms. The molecule has 0 aromatic rings. The second kappa shape index (κ2) is 11.5. The zero-order valence-electron chi connectivity index (χ0n) is 16.8. The van der Waals surface area contributed by atoms with E-state index in [4.69, 9.17) is 5.11 Å². The van der Waals surface area contributed by atoms with Gasteiger partial charge in [0.05, 0.1) is 6.61 Å². The van der Waals surface area contributed by atoms with Crippen molar-refractivity contribution >= 4 is 23.7 Å². The lowest BCUT2D eigenvalue weighted by Gasteiger charge is -2.25. The van der Waals surface area contributed by atoms with Crippen LogP contribution in [0.15, 0.2) is 0 Å². The van der Waals surface area contributed by atoms with E-state index < -0.39 is 47.8 Å². The summed E-state index contributed by atoms with van der Waals surface area (Å²) in [5.74, 6) is -2.31. The number of aliphatic hydroxyl groups excluding tert-OH is 1. The summed E-state index contributed by atoms with van der Waals surface area (Å²) in [6.07, 6.45) is 0.582. The Morgan fingerprint density at radius 1 is 0.963 bits per heavy atom. The molecular formula is C18H33N3O6. The van der Waals surface area contributed by atoms with Gasteiger partial charge in [0, 0.05) is 18.4 Å². The number of aliphatic carboxylic acids is 1. The van der Waals surface area contributed by atoms with E-state index in [2.05, 4.69) is 16.0 Å². The molecule has 0 aromatic heterocycles. The van der Waals surface area contributed by atoms with Gasteiger partial charge in [-0.2, -0.15) is 0 Å². The first kappa shape index (κ1) is 24.8. The van der Waals surface area contributed by atoms with Gasteiger partial charge in [0.2, 0.25) is 17.7 Å². The molecule has 2 atom stereocenters. The maximum absolute atomic E-state index is 12.4. The Hall–Kier alpha value is -2.16. The molecule has 0 rings (SSSR count). The fourth-order valence-corrected chi connectivity index (χ4v) is 2.12. The van der Waals surface area contributed by atoms with Gasteiger partial charge in [-0.1, -0.05) is 34.6 Å². The fraction of sp³-hybridized carbons (Fsp3) is 0.778. The summed E-state index contributed by atoms with van der Waals surface area (Å²) < 4.78 is 0. The molecule has 0 fully saturated rings. The van der Waals surface area contributed by atoms with Crippen molar-refractivity contribution in [2.45, 2.75) is 66.0 Å². The summed E-state index contributed by atoms with van der Waals surface area (Å²) in [4.78, 5) is 47.3. The highest BCUT2D eigenvalue weighted by atomic mass is 16.4. The van der Waals surface area contributed by atoms with Gasteiger partial charge in [-0.25, -0.2) is 0 Å². The largest absolute Gasteiger partial charge is 0.481 e. The van der Waals surface area contributed by atoms with Crippen molar-refractivity contribution in [1.82, 2.24) is 16.0 Å². The number of rotatable bonds is 11. The number of carbonyl (C=O) groups excluding carboxylic acids is 3. The van der Waals surface area contributed by atoms with Crippen molar-refractivity contribution in [3.63, 3.8) is 0 Å². The molecule has 0 radical (unpaired) electrons. The minimum Gasteiger partial charge on any atom is -0.481 e. The number of hydrogen-bond donors (Lipinski definition) is 5. The maximum atomic E-state index is 12.4. The molecule has 0 bridgehead atoms. The van der Waals surface area contributed by atoms with Crippen molar-refractivity contribution in [2.75, 3.05) is 13.2 Å². The number of carboxylic acid groups (broad SMARTS) is 1. The first-order valence-electron chi connectivity index (χ1n) is 9.10. The highest BCUT2D eigenvalue weighted by molar-refractivity contribution is 5.93. The van der Waals surface area contributed by atoms with Gasteiger partial charge in [0.1, 0.15) is 12.1 Å². The van der Waals surface area contributed by atoms with E-state index >= 15 is 0 Å². The molecule has 0 spiro atoms. The quantitative estimate of drug-likeness (QED) is 0.316. The predicted octanol–water partition coefficient (Wildman–Crippen LogP) is 0.0215. The topological polar surface area (TPSA) is 145 Å². The minimum absolute atomic E-state index is 0.0626. The molecule has 3 amide bonds. The number of hydrogen-bond acceptors (Lipinski definition) is 5. The average molecular weight is 387 g/mol. The van der Waals surface area contributed by atoms with Crippen molar-refractivity contribution < 1.29 is 29.4 Å². The van der Waals surface area contributed by atoms with Gasteiger partial charge in [0.25, 0.3) is 0 Å². The summed E-state index contributed by atoms with van der Waals surface area (Å²) in [6.45, 7) is 8.41. The summed E-state index contributed by atoms with van der Waals surface area (Å²) in [7, 11) is 0. The van der Waals surface area contributed by atoms with Gasteiger partial charge in [-0.3, -0.25) is 19.2 Å². The molecule has 5 N–H and O–H groups in total. The van der Waals surface area contributed by atoms with E-state index in [0.29, 0.717) is 6.42 Å². The molecule has 0 unspecified atom stereocenters. The van der Waals surface area contributed by atoms with Gasteiger partial charge in [-0.05, 0) is 18.8 Å². The summed E-state index contributed by atoms with van der Waals surface area (Å²) >= 11 is 0. The number of amides is 3. The van der Waals surface area contributed by atoms with E-state index in [1.807, 2.05) is 13.8 Å². The van der Waals surface area contributed by atoms with Crippen molar-refractivity contribution in [3.05, 3.63) is 0 Å². The number of carboxylic acids is 1. The smallest absolute Gasteiger partial charge is 0.303 e. The Morgan fingerprint density at radius 3 is 2.00 bits per heavy atom. The molecule has 0 aliphatic carbocycles. The van der Waals surface area contributed by atoms with E-state index in [9.17, 15) is 24.3 Å². The molecule has 0 heterocycles. The Labute approximate surface area is 160 Å². The maximum Gasteiger partial charge on any atom is 0.303 e. The summed E-state index contributed by atoms with van der Waals surface area (Å²) in [5, 5.41) is 25.7. The molecule has 9 nitrogen and oxygen atoms in total. The highest BCUT2D eigenvalue weighted by Crippen LogP contribution is 2.13. The Bertz CT molecular complexity index is 528. The van der Waals surface area contributed by atoms with Crippen LogP contribution in [-0.4, -0.2) is 59.1 Å². The number of carbonyl (C=O) groups is 4. The molecular weight excluding hydrogens is 354 g/mol. The lowest BCUT2D eigenvalue weighted by molar-refractivity contribution is -0.137. The third kappa shape index (κ3) is 10.5. The molecule has 0 saturated carbocycles. The van der Waals surface area contributed by atoms with Crippen LogP contribution < -0.4 is 16.0 Å². The molecule has 0 aliphatic heterocycles. The zero-order chi connectivity index (χ0) is 21.2. The third-order valence-corrected chi connectivity index (χ3v) is 3.69. The monoisotopic (exact) mass is 387 g/mol. The fourth-order valence-electron chi connectivity index (χ4n) is 2.12. The van der Waals surface area contributed by atoms with Crippen LogP contribution in [0.4, 0.5) is 0 Å². The average Bonchev–Trinajstić information content (AvgIpc) is 2.53. The molecule has 156 valence electrons. The Balaban J connectivity index is 4.88. The van der Waals surface area contributed by atoms with Gasteiger partial charge in [0.15, 0.2) is 0 Å². The van der Waals surface area contributed by atoms with Crippen LogP contribution >= 0.6 is 0 Å². The van der Waals surface area contributed by atoms with Gasteiger partial charge in [-0.15, -0.1) is 0 Å². The van der Waals surface area contributed by atoms with Crippen LogP contribution in [0, 0.1) is 11.3 Å². The summed E-state index contributed by atoms with van der Waals surface area (Å²) in [5.41, 5.74) is -0.730. The lowest BCUT2D eigenvalue weighted by atomic mass is 9.95. The van der Waals surface area contributed by atoms with Gasteiger partial charge < -0.3 is 26.2 Å². The van der Waals surface area contributed by atoms with Crippen molar-refractivity contribution in [3.8, 4) is 0 Å². The number of nitrogens with one attached hydrogen (secondary N) is 3. The summed E-state index contributed by atoms with van der Waals surface area (Å²) in [6, 6.07) is -2.01. The van der Waals surface area contributed by atoms with Crippen LogP contribution in [0.5, 0.6) is 0 Å². The van der Waals surface area contributed by atoms with E-state index in [1.54, 1.807) is 20.8 Å². The Kier molecular flexibility index (Phi) is 10.6. The van der Waals surface area contributed by atoms with Crippen LogP contribution in [0.2, 0.25) is 0 Å². The van der Waals surface area contributed by atoms with Crippen LogP contribution in [0.1, 0.15) is 53.9 Å². The van der Waals surface area contributed by atoms with Gasteiger partial charge >= 0.3 is 5.97 Å². The molecule has 0 saturated heterocycles. The first-order valence-corrected chi connectivity index (χ1v) is 9.10. The number of aliphatic hydroxyl groups is 1. The van der Waals surface area contributed by atoms with E-state index in [-0.39, 0.29) is 25.3 Å². The molecule has 9 heteroatoms. The van der Waals surface area contributed by atoms with E-state index in [0.717, 1.165) is 0 Å². The van der Waals surface area contributed by atoms with Crippen LogP contribution in [-0.2, 0) is 19.2 Å².